The van der Waals surface area contributed by atoms with Gasteiger partial charge in [-0.3, -0.25) is 19.4 Å². The van der Waals surface area contributed by atoms with E-state index in [0.717, 1.165) is 70.8 Å². The van der Waals surface area contributed by atoms with Crippen molar-refractivity contribution in [2.75, 3.05) is 44.2 Å². The van der Waals surface area contributed by atoms with Gasteiger partial charge in [0.2, 0.25) is 17.8 Å². The van der Waals surface area contributed by atoms with Crippen molar-refractivity contribution >= 4 is 17.8 Å². The van der Waals surface area contributed by atoms with E-state index in [2.05, 4.69) is 19.8 Å². The second-order valence-electron chi connectivity index (χ2n) is 7.62. The maximum absolute atomic E-state index is 12.3. The van der Waals surface area contributed by atoms with Gasteiger partial charge in [-0.1, -0.05) is 0 Å². The molecule has 3 fully saturated rings. The fourth-order valence-corrected chi connectivity index (χ4v) is 4.43. The Balaban J connectivity index is 1.17. The molecular weight excluding hydrogens is 330 g/mol. The number of hydrogen-bond acceptors (Lipinski definition) is 6. The summed E-state index contributed by atoms with van der Waals surface area (Å²) in [4.78, 5) is 39.5. The third kappa shape index (κ3) is 3.58. The van der Waals surface area contributed by atoms with Crippen molar-refractivity contribution in [3.05, 3.63) is 18.5 Å². The molecule has 7 heteroatoms. The van der Waals surface area contributed by atoms with E-state index in [1.807, 2.05) is 6.07 Å². The number of imide groups is 1. The van der Waals surface area contributed by atoms with Crippen LogP contribution in [0.25, 0.3) is 0 Å². The first-order valence-electron chi connectivity index (χ1n) is 9.82. The summed E-state index contributed by atoms with van der Waals surface area (Å²) in [6, 6.07) is 1.84. The topological polar surface area (TPSA) is 69.6 Å². The highest BCUT2D eigenvalue weighted by Gasteiger charge is 2.44. The molecule has 2 amide bonds. The second kappa shape index (κ2) is 7.70. The molecule has 3 heterocycles. The largest absolute Gasteiger partial charge is 0.338 e. The molecule has 2 saturated heterocycles. The lowest BCUT2D eigenvalue weighted by Crippen LogP contribution is -2.48. The molecule has 1 aliphatic carbocycles. The molecule has 0 radical (unpaired) electrons. The predicted molar refractivity (Wildman–Crippen MR) is 97.5 cm³/mol. The Labute approximate surface area is 154 Å². The summed E-state index contributed by atoms with van der Waals surface area (Å²) in [6.07, 6.45) is 8.09. The number of likely N-dealkylation sites (tertiary alicyclic amines) is 1. The Morgan fingerprint density at radius 1 is 0.885 bits per heavy atom. The number of anilines is 1. The van der Waals surface area contributed by atoms with Crippen molar-refractivity contribution in [3.8, 4) is 0 Å². The van der Waals surface area contributed by atoms with Gasteiger partial charge in [-0.05, 0) is 44.7 Å². The van der Waals surface area contributed by atoms with Crippen LogP contribution >= 0.6 is 0 Å². The van der Waals surface area contributed by atoms with E-state index in [4.69, 9.17) is 0 Å². The molecule has 1 saturated carbocycles. The molecule has 2 atom stereocenters. The molecule has 1 aromatic heterocycles. The predicted octanol–water partition coefficient (Wildman–Crippen LogP) is 1.16. The summed E-state index contributed by atoms with van der Waals surface area (Å²) in [5, 5.41) is 0. The number of hydrogen-bond donors (Lipinski definition) is 0. The molecule has 0 N–H and O–H groups in total. The van der Waals surface area contributed by atoms with Crippen LogP contribution in [0, 0.1) is 11.8 Å². The van der Waals surface area contributed by atoms with Gasteiger partial charge in [-0.15, -0.1) is 0 Å². The first-order valence-corrected chi connectivity index (χ1v) is 9.82. The summed E-state index contributed by atoms with van der Waals surface area (Å²) in [6.45, 7) is 5.51. The van der Waals surface area contributed by atoms with E-state index < -0.39 is 0 Å². The van der Waals surface area contributed by atoms with Gasteiger partial charge in [0.05, 0.1) is 0 Å². The van der Waals surface area contributed by atoms with Crippen LogP contribution in [0.5, 0.6) is 0 Å². The number of rotatable bonds is 6. The number of carbonyl (C=O) groups is 2. The van der Waals surface area contributed by atoms with Crippen molar-refractivity contribution < 1.29 is 9.59 Å². The smallest absolute Gasteiger partial charge is 0.232 e. The van der Waals surface area contributed by atoms with Gasteiger partial charge < -0.3 is 4.90 Å². The van der Waals surface area contributed by atoms with E-state index in [9.17, 15) is 9.59 Å². The third-order valence-electron chi connectivity index (χ3n) is 5.98. The van der Waals surface area contributed by atoms with Crippen LogP contribution in [0.3, 0.4) is 0 Å². The quantitative estimate of drug-likeness (QED) is 0.562. The van der Waals surface area contributed by atoms with Gasteiger partial charge in [0.15, 0.2) is 0 Å². The Kier molecular flexibility index (Phi) is 5.15. The summed E-state index contributed by atoms with van der Waals surface area (Å²) in [5.74, 6) is 1.21. The molecule has 3 aliphatic rings. The average molecular weight is 357 g/mol. The van der Waals surface area contributed by atoms with E-state index >= 15 is 0 Å². The molecule has 7 nitrogen and oxygen atoms in total. The van der Waals surface area contributed by atoms with Crippen molar-refractivity contribution in [1.82, 2.24) is 19.8 Å². The zero-order chi connectivity index (χ0) is 17.9. The SMILES string of the molecule is O=C1C2CCC(C2)C(=O)N1CCCCN1CCN(c2ncccn2)CC1. The average Bonchev–Trinajstić information content (AvgIpc) is 3.14. The minimum absolute atomic E-state index is 0.0835. The lowest BCUT2D eigenvalue weighted by molar-refractivity contribution is -0.152. The van der Waals surface area contributed by atoms with Crippen molar-refractivity contribution in [2.24, 2.45) is 11.8 Å². The van der Waals surface area contributed by atoms with Crippen LogP contribution in [0.2, 0.25) is 0 Å². The number of nitrogens with zero attached hydrogens (tertiary/aromatic N) is 5. The molecule has 0 aromatic carbocycles. The van der Waals surface area contributed by atoms with E-state index in [0.29, 0.717) is 6.54 Å². The van der Waals surface area contributed by atoms with E-state index in [1.165, 1.54) is 0 Å². The van der Waals surface area contributed by atoms with Crippen LogP contribution < -0.4 is 4.90 Å². The van der Waals surface area contributed by atoms with Gasteiger partial charge in [0.25, 0.3) is 0 Å². The number of piperidine rings is 1. The van der Waals surface area contributed by atoms with Crippen LogP contribution in [0.15, 0.2) is 18.5 Å². The van der Waals surface area contributed by atoms with Crippen molar-refractivity contribution in [1.29, 1.82) is 0 Å². The molecule has 2 aliphatic heterocycles. The fourth-order valence-electron chi connectivity index (χ4n) is 4.43. The molecular formula is C19H27N5O2. The van der Waals surface area contributed by atoms with E-state index in [-0.39, 0.29) is 23.7 Å². The maximum atomic E-state index is 12.3. The first kappa shape index (κ1) is 17.4. The van der Waals surface area contributed by atoms with Crippen LogP contribution in [0.1, 0.15) is 32.1 Å². The molecule has 140 valence electrons. The second-order valence-corrected chi connectivity index (χ2v) is 7.62. The van der Waals surface area contributed by atoms with Crippen LogP contribution in [0.4, 0.5) is 5.95 Å². The monoisotopic (exact) mass is 357 g/mol. The summed E-state index contributed by atoms with van der Waals surface area (Å²) >= 11 is 0. The normalized spacial score (nSPS) is 26.6. The van der Waals surface area contributed by atoms with Gasteiger partial charge in [-0.2, -0.15) is 0 Å². The van der Waals surface area contributed by atoms with E-state index in [1.54, 1.807) is 17.3 Å². The van der Waals surface area contributed by atoms with Crippen LogP contribution in [-0.4, -0.2) is 70.9 Å². The van der Waals surface area contributed by atoms with Gasteiger partial charge in [0, 0.05) is 57.0 Å². The lowest BCUT2D eigenvalue weighted by atomic mass is 9.97. The first-order chi connectivity index (χ1) is 12.7. The van der Waals surface area contributed by atoms with Gasteiger partial charge in [-0.25, -0.2) is 9.97 Å². The minimum Gasteiger partial charge on any atom is -0.338 e. The fraction of sp³-hybridized carbons (Fsp3) is 0.684. The minimum atomic E-state index is 0.0835. The van der Waals surface area contributed by atoms with Crippen LogP contribution in [-0.2, 0) is 9.59 Å². The lowest BCUT2D eigenvalue weighted by Gasteiger charge is -2.35. The standard InChI is InChI=1S/C19H27N5O2/c25-17-15-4-5-16(14-15)18(26)24(17)9-2-1-8-22-10-12-23(13-11-22)19-20-6-3-7-21-19/h3,6-7,15-16H,1-2,4-5,8-14H2. The molecule has 26 heavy (non-hydrogen) atoms. The number of unbranched alkanes of at least 4 members (excludes halogenated alkanes) is 1. The molecule has 4 rings (SSSR count). The third-order valence-corrected chi connectivity index (χ3v) is 5.98. The zero-order valence-corrected chi connectivity index (χ0v) is 15.2. The highest BCUT2D eigenvalue weighted by atomic mass is 16.2. The molecule has 2 unspecified atom stereocenters. The number of fused-ring (bicyclic) bond motifs is 2. The highest BCUT2D eigenvalue weighted by molar-refractivity contribution is 6.00. The summed E-state index contributed by atoms with van der Waals surface area (Å²) in [7, 11) is 0. The zero-order valence-electron chi connectivity index (χ0n) is 15.2. The Hall–Kier alpha value is -2.02. The van der Waals surface area contributed by atoms with Gasteiger partial charge in [0.1, 0.15) is 0 Å². The molecule has 0 spiro atoms. The number of aromatic nitrogens is 2. The summed E-state index contributed by atoms with van der Waals surface area (Å²) in [5.41, 5.74) is 0. The number of piperazine rings is 1. The Morgan fingerprint density at radius 2 is 1.50 bits per heavy atom. The number of carbonyl (C=O) groups excluding carboxylic acids is 2. The van der Waals surface area contributed by atoms with Crippen molar-refractivity contribution in [2.45, 2.75) is 32.1 Å². The molecule has 2 bridgehead atoms. The Morgan fingerprint density at radius 3 is 2.15 bits per heavy atom. The number of amides is 2. The van der Waals surface area contributed by atoms with Gasteiger partial charge >= 0.3 is 0 Å². The maximum Gasteiger partial charge on any atom is 0.232 e. The van der Waals surface area contributed by atoms with Crippen molar-refractivity contribution in [3.63, 3.8) is 0 Å². The highest BCUT2D eigenvalue weighted by Crippen LogP contribution is 2.38. The summed E-state index contributed by atoms with van der Waals surface area (Å²) < 4.78 is 0. The Bertz CT molecular complexity index is 623. The molecule has 1 aromatic rings.